The third kappa shape index (κ3) is 3.36. The molecule has 0 saturated carbocycles. The Morgan fingerprint density at radius 2 is 2.17 bits per heavy atom. The van der Waals surface area contributed by atoms with E-state index in [-0.39, 0.29) is 11.6 Å². The van der Waals surface area contributed by atoms with Gasteiger partial charge in [0.1, 0.15) is 5.82 Å². The third-order valence-electron chi connectivity index (χ3n) is 2.70. The van der Waals surface area contributed by atoms with E-state index in [1.165, 1.54) is 23.9 Å². The first-order valence-electron chi connectivity index (χ1n) is 5.70. The number of nitrogens with two attached hydrogens (primary N) is 1. The standard InChI is InChI=1S/C12H15FN2O2S/c13-10-7-9(1-2-11(10)14)18-8-12(16)15-3-5-17-6-4-15/h1-2,7H,3-6,8,14H2. The fraction of sp³-hybridized carbons (Fsp3) is 0.417. The van der Waals surface area contributed by atoms with Crippen LogP contribution in [0.1, 0.15) is 0 Å². The first kappa shape index (κ1) is 13.2. The average molecular weight is 270 g/mol. The molecule has 18 heavy (non-hydrogen) atoms. The normalized spacial score (nSPS) is 15.7. The molecule has 1 saturated heterocycles. The smallest absolute Gasteiger partial charge is 0.233 e. The molecule has 1 amide bonds. The highest BCUT2D eigenvalue weighted by molar-refractivity contribution is 8.00. The van der Waals surface area contributed by atoms with Crippen molar-refractivity contribution in [3.05, 3.63) is 24.0 Å². The summed E-state index contributed by atoms with van der Waals surface area (Å²) in [6.07, 6.45) is 0. The lowest BCUT2D eigenvalue weighted by atomic mass is 10.3. The number of rotatable bonds is 3. The van der Waals surface area contributed by atoms with Crippen molar-refractivity contribution >= 4 is 23.4 Å². The first-order chi connectivity index (χ1) is 8.66. The molecule has 1 heterocycles. The maximum absolute atomic E-state index is 13.2. The number of nitrogens with zero attached hydrogens (tertiary/aromatic N) is 1. The van der Waals surface area contributed by atoms with Crippen molar-refractivity contribution < 1.29 is 13.9 Å². The van der Waals surface area contributed by atoms with Gasteiger partial charge in [-0.1, -0.05) is 0 Å². The number of halogens is 1. The number of nitrogen functional groups attached to an aromatic ring is 1. The molecule has 0 unspecified atom stereocenters. The number of morpholine rings is 1. The van der Waals surface area contributed by atoms with E-state index in [1.807, 2.05) is 0 Å². The molecule has 1 aliphatic heterocycles. The number of anilines is 1. The van der Waals surface area contributed by atoms with E-state index in [4.69, 9.17) is 10.5 Å². The van der Waals surface area contributed by atoms with Crippen molar-refractivity contribution in [1.29, 1.82) is 0 Å². The van der Waals surface area contributed by atoms with Crippen LogP contribution in [0.5, 0.6) is 0 Å². The molecule has 0 aliphatic carbocycles. The van der Waals surface area contributed by atoms with Gasteiger partial charge in [0.25, 0.3) is 0 Å². The van der Waals surface area contributed by atoms with E-state index in [0.717, 1.165) is 0 Å². The Hall–Kier alpha value is -1.27. The van der Waals surface area contributed by atoms with E-state index >= 15 is 0 Å². The molecule has 0 radical (unpaired) electrons. The fourth-order valence-electron chi connectivity index (χ4n) is 1.65. The van der Waals surface area contributed by atoms with Gasteiger partial charge in [0, 0.05) is 18.0 Å². The molecule has 0 bridgehead atoms. The predicted molar refractivity (Wildman–Crippen MR) is 68.9 cm³/mol. The van der Waals surface area contributed by atoms with Gasteiger partial charge in [0.2, 0.25) is 5.91 Å². The van der Waals surface area contributed by atoms with Crippen LogP contribution in [-0.2, 0) is 9.53 Å². The second-order valence-corrected chi connectivity index (χ2v) is 5.01. The number of thioether (sulfide) groups is 1. The molecule has 2 N–H and O–H groups in total. The molecule has 1 aliphatic rings. The maximum atomic E-state index is 13.2. The van der Waals surface area contributed by atoms with Crippen LogP contribution in [0.4, 0.5) is 10.1 Å². The monoisotopic (exact) mass is 270 g/mol. The fourth-order valence-corrected chi connectivity index (χ4v) is 2.47. The van der Waals surface area contributed by atoms with Crippen molar-refractivity contribution in [3.8, 4) is 0 Å². The van der Waals surface area contributed by atoms with Gasteiger partial charge in [-0.3, -0.25) is 4.79 Å². The molecule has 0 spiro atoms. The highest BCUT2D eigenvalue weighted by Crippen LogP contribution is 2.22. The number of carbonyl (C=O) groups excluding carboxylic acids is 1. The Morgan fingerprint density at radius 3 is 2.83 bits per heavy atom. The minimum absolute atomic E-state index is 0.0560. The Kier molecular flexibility index (Phi) is 4.43. The summed E-state index contributed by atoms with van der Waals surface area (Å²) < 4.78 is 18.4. The Balaban J connectivity index is 1.86. The summed E-state index contributed by atoms with van der Waals surface area (Å²) in [4.78, 5) is 14.3. The maximum Gasteiger partial charge on any atom is 0.233 e. The minimum atomic E-state index is -0.446. The molecule has 0 atom stereocenters. The second-order valence-electron chi connectivity index (χ2n) is 3.97. The number of amides is 1. The number of hydrogen-bond acceptors (Lipinski definition) is 4. The zero-order valence-corrected chi connectivity index (χ0v) is 10.7. The average Bonchev–Trinajstić information content (AvgIpc) is 2.41. The quantitative estimate of drug-likeness (QED) is 0.665. The van der Waals surface area contributed by atoms with Gasteiger partial charge in [-0.05, 0) is 18.2 Å². The number of benzene rings is 1. The van der Waals surface area contributed by atoms with Crippen LogP contribution in [0.2, 0.25) is 0 Å². The van der Waals surface area contributed by atoms with E-state index < -0.39 is 5.82 Å². The Labute approximate surface area is 109 Å². The summed E-state index contributed by atoms with van der Waals surface area (Å²) in [7, 11) is 0. The molecular formula is C12H15FN2O2S. The van der Waals surface area contributed by atoms with Gasteiger partial charge in [-0.2, -0.15) is 0 Å². The van der Waals surface area contributed by atoms with Gasteiger partial charge in [-0.15, -0.1) is 11.8 Å². The van der Waals surface area contributed by atoms with Gasteiger partial charge >= 0.3 is 0 Å². The van der Waals surface area contributed by atoms with Crippen LogP contribution in [0.25, 0.3) is 0 Å². The first-order valence-corrected chi connectivity index (χ1v) is 6.69. The van der Waals surface area contributed by atoms with Crippen molar-refractivity contribution in [2.24, 2.45) is 0 Å². The lowest BCUT2D eigenvalue weighted by molar-refractivity contribution is -0.132. The summed E-state index contributed by atoms with van der Waals surface area (Å²) >= 11 is 1.32. The van der Waals surface area contributed by atoms with Crippen molar-refractivity contribution in [3.63, 3.8) is 0 Å². The lowest BCUT2D eigenvalue weighted by Crippen LogP contribution is -2.41. The van der Waals surface area contributed by atoms with Crippen molar-refractivity contribution in [1.82, 2.24) is 4.90 Å². The van der Waals surface area contributed by atoms with Gasteiger partial charge < -0.3 is 15.4 Å². The summed E-state index contributed by atoms with van der Waals surface area (Å²) in [6.45, 7) is 2.45. The topological polar surface area (TPSA) is 55.6 Å². The Bertz CT molecular complexity index is 436. The Morgan fingerprint density at radius 1 is 1.44 bits per heavy atom. The highest BCUT2D eigenvalue weighted by atomic mass is 32.2. The molecule has 4 nitrogen and oxygen atoms in total. The molecule has 6 heteroatoms. The van der Waals surface area contributed by atoms with Gasteiger partial charge in [0.15, 0.2) is 0 Å². The van der Waals surface area contributed by atoms with E-state index in [9.17, 15) is 9.18 Å². The van der Waals surface area contributed by atoms with E-state index in [2.05, 4.69) is 0 Å². The number of carbonyl (C=O) groups is 1. The largest absolute Gasteiger partial charge is 0.396 e. The summed E-state index contributed by atoms with van der Waals surface area (Å²) in [5, 5.41) is 0. The molecule has 1 aromatic rings. The van der Waals surface area contributed by atoms with E-state index in [0.29, 0.717) is 37.0 Å². The van der Waals surface area contributed by atoms with Gasteiger partial charge in [0.05, 0.1) is 24.7 Å². The highest BCUT2D eigenvalue weighted by Gasteiger charge is 2.16. The van der Waals surface area contributed by atoms with E-state index in [1.54, 1.807) is 11.0 Å². The third-order valence-corrected chi connectivity index (χ3v) is 3.68. The minimum Gasteiger partial charge on any atom is -0.396 e. The van der Waals surface area contributed by atoms with Crippen LogP contribution in [0.15, 0.2) is 23.1 Å². The molecule has 1 fully saturated rings. The van der Waals surface area contributed by atoms with Crippen LogP contribution in [0, 0.1) is 5.82 Å². The summed E-state index contributed by atoms with van der Waals surface area (Å²) in [5.74, 6) is -0.0806. The van der Waals surface area contributed by atoms with Crippen LogP contribution < -0.4 is 5.73 Å². The number of ether oxygens (including phenoxy) is 1. The molecular weight excluding hydrogens is 255 g/mol. The second kappa shape index (κ2) is 6.06. The SMILES string of the molecule is Nc1ccc(SCC(=O)N2CCOCC2)cc1F. The molecule has 0 aromatic heterocycles. The van der Waals surface area contributed by atoms with Crippen molar-refractivity contribution in [2.75, 3.05) is 37.8 Å². The van der Waals surface area contributed by atoms with Crippen LogP contribution in [0.3, 0.4) is 0 Å². The lowest BCUT2D eigenvalue weighted by Gasteiger charge is -2.26. The molecule has 2 rings (SSSR count). The van der Waals surface area contributed by atoms with Crippen LogP contribution in [-0.4, -0.2) is 42.9 Å². The zero-order chi connectivity index (χ0) is 13.0. The predicted octanol–water partition coefficient (Wildman–Crippen LogP) is 1.36. The van der Waals surface area contributed by atoms with Crippen LogP contribution >= 0.6 is 11.8 Å². The summed E-state index contributed by atoms with van der Waals surface area (Å²) in [5.41, 5.74) is 5.51. The number of hydrogen-bond donors (Lipinski definition) is 1. The van der Waals surface area contributed by atoms with Crippen molar-refractivity contribution in [2.45, 2.75) is 4.90 Å². The molecule has 98 valence electrons. The zero-order valence-electron chi connectivity index (χ0n) is 9.89. The molecule has 1 aromatic carbocycles. The van der Waals surface area contributed by atoms with Gasteiger partial charge in [-0.25, -0.2) is 4.39 Å². The summed E-state index contributed by atoms with van der Waals surface area (Å²) in [6, 6.07) is 4.58.